The zero-order chi connectivity index (χ0) is 15.8. The van der Waals surface area contributed by atoms with Crippen molar-refractivity contribution < 1.29 is 13.9 Å². The standard InChI is InChI=1S/C14H19ClFN3O2/c1-4-9(2)12(20-3)5-10(6-15)8-21-14-18-7-11(16)13(17)19-14/h4-5,7,14,19H,1,6,8,17H2,2-3H3/b10-5+,12-9+/t14-/m1/s1. The number of nitrogens with zero attached hydrogens (tertiary/aromatic N) is 1. The monoisotopic (exact) mass is 315 g/mol. The predicted molar refractivity (Wildman–Crippen MR) is 82.4 cm³/mol. The van der Waals surface area contributed by atoms with Crippen molar-refractivity contribution in [3.63, 3.8) is 0 Å². The Balaban J connectivity index is 2.68. The number of nitrogens with one attached hydrogen (secondary N) is 1. The molecule has 1 aliphatic rings. The molecule has 1 aliphatic heterocycles. The molecular weight excluding hydrogens is 297 g/mol. The molecule has 21 heavy (non-hydrogen) atoms. The van der Waals surface area contributed by atoms with Crippen molar-refractivity contribution >= 4 is 17.8 Å². The third kappa shape index (κ3) is 5.24. The fourth-order valence-corrected chi connectivity index (χ4v) is 1.61. The summed E-state index contributed by atoms with van der Waals surface area (Å²) < 4.78 is 23.7. The summed E-state index contributed by atoms with van der Waals surface area (Å²) in [4.78, 5) is 3.82. The van der Waals surface area contributed by atoms with Crippen LogP contribution in [0.5, 0.6) is 0 Å². The van der Waals surface area contributed by atoms with E-state index in [-0.39, 0.29) is 18.3 Å². The van der Waals surface area contributed by atoms with Gasteiger partial charge in [0.1, 0.15) is 11.6 Å². The first kappa shape index (κ1) is 17.3. The first-order valence-electron chi connectivity index (χ1n) is 6.21. The molecule has 0 fully saturated rings. The molecule has 0 saturated heterocycles. The Morgan fingerprint density at radius 3 is 2.90 bits per heavy atom. The van der Waals surface area contributed by atoms with Crippen molar-refractivity contribution in [2.45, 2.75) is 13.3 Å². The highest BCUT2D eigenvalue weighted by molar-refractivity contribution is 6.19. The van der Waals surface area contributed by atoms with Crippen LogP contribution in [0.1, 0.15) is 6.92 Å². The summed E-state index contributed by atoms with van der Waals surface area (Å²) in [6.45, 7) is 5.75. The summed E-state index contributed by atoms with van der Waals surface area (Å²) in [5, 5.41) is 2.58. The molecule has 1 rings (SSSR count). The van der Waals surface area contributed by atoms with Gasteiger partial charge in [0.2, 0.25) is 6.35 Å². The van der Waals surface area contributed by atoms with Crippen LogP contribution in [0, 0.1) is 0 Å². The topological polar surface area (TPSA) is 68.9 Å². The van der Waals surface area contributed by atoms with Gasteiger partial charge in [0.25, 0.3) is 0 Å². The van der Waals surface area contributed by atoms with Gasteiger partial charge in [0.15, 0.2) is 5.83 Å². The van der Waals surface area contributed by atoms with E-state index in [1.807, 2.05) is 6.92 Å². The summed E-state index contributed by atoms with van der Waals surface area (Å²) in [5.41, 5.74) is 7.07. The lowest BCUT2D eigenvalue weighted by Gasteiger charge is -2.20. The largest absolute Gasteiger partial charge is 0.496 e. The minimum absolute atomic E-state index is 0.105. The molecule has 0 saturated carbocycles. The summed E-state index contributed by atoms with van der Waals surface area (Å²) in [7, 11) is 1.56. The third-order valence-electron chi connectivity index (χ3n) is 2.71. The van der Waals surface area contributed by atoms with Crippen LogP contribution in [0.2, 0.25) is 0 Å². The van der Waals surface area contributed by atoms with Gasteiger partial charge < -0.3 is 20.5 Å². The second kappa shape index (κ2) is 8.49. The predicted octanol–water partition coefficient (Wildman–Crippen LogP) is 2.33. The maximum absolute atomic E-state index is 13.0. The van der Waals surface area contributed by atoms with Crippen molar-refractivity contribution in [2.24, 2.45) is 10.7 Å². The van der Waals surface area contributed by atoms with Crippen molar-refractivity contribution in [3.05, 3.63) is 47.3 Å². The van der Waals surface area contributed by atoms with E-state index < -0.39 is 12.2 Å². The highest BCUT2D eigenvalue weighted by atomic mass is 35.5. The Hall–Kier alpha value is -1.79. The zero-order valence-corrected chi connectivity index (χ0v) is 12.8. The van der Waals surface area contributed by atoms with E-state index in [2.05, 4.69) is 16.9 Å². The summed E-state index contributed by atoms with van der Waals surface area (Å²) >= 11 is 5.88. The number of aliphatic imine (C=N–C) groups is 1. The number of ether oxygens (including phenoxy) is 2. The van der Waals surface area contributed by atoms with Crippen molar-refractivity contribution in [3.8, 4) is 0 Å². The van der Waals surface area contributed by atoms with Gasteiger partial charge in [-0.3, -0.25) is 0 Å². The average molecular weight is 316 g/mol. The molecule has 0 unspecified atom stereocenters. The maximum Gasteiger partial charge on any atom is 0.227 e. The average Bonchev–Trinajstić information content (AvgIpc) is 2.50. The third-order valence-corrected chi connectivity index (χ3v) is 3.05. The molecule has 0 aliphatic carbocycles. The number of hydrogen-bond donors (Lipinski definition) is 2. The lowest BCUT2D eigenvalue weighted by molar-refractivity contribution is 0.0568. The molecule has 5 nitrogen and oxygen atoms in total. The van der Waals surface area contributed by atoms with E-state index >= 15 is 0 Å². The van der Waals surface area contributed by atoms with Crippen LogP contribution in [0.3, 0.4) is 0 Å². The second-order valence-corrected chi connectivity index (χ2v) is 4.51. The summed E-state index contributed by atoms with van der Waals surface area (Å²) in [6.07, 6.45) is 3.73. The Bertz CT molecular complexity index is 512. The Labute approximate surface area is 128 Å². The van der Waals surface area contributed by atoms with Crippen LogP contribution in [0.4, 0.5) is 4.39 Å². The number of hydrogen-bond acceptors (Lipinski definition) is 5. The van der Waals surface area contributed by atoms with Crippen LogP contribution >= 0.6 is 11.6 Å². The highest BCUT2D eigenvalue weighted by Gasteiger charge is 2.15. The minimum Gasteiger partial charge on any atom is -0.496 e. The molecule has 116 valence electrons. The van der Waals surface area contributed by atoms with Gasteiger partial charge in [-0.1, -0.05) is 12.7 Å². The maximum atomic E-state index is 13.0. The number of alkyl halides is 1. The number of rotatable bonds is 7. The van der Waals surface area contributed by atoms with E-state index in [1.54, 1.807) is 19.3 Å². The van der Waals surface area contributed by atoms with E-state index in [0.717, 1.165) is 17.4 Å². The van der Waals surface area contributed by atoms with Crippen LogP contribution < -0.4 is 11.1 Å². The van der Waals surface area contributed by atoms with Gasteiger partial charge in [-0.15, -0.1) is 11.6 Å². The van der Waals surface area contributed by atoms with E-state index in [1.165, 1.54) is 0 Å². The van der Waals surface area contributed by atoms with Gasteiger partial charge in [-0.2, -0.15) is 0 Å². The quantitative estimate of drug-likeness (QED) is 0.430. The van der Waals surface area contributed by atoms with Gasteiger partial charge in [-0.25, -0.2) is 9.38 Å². The Morgan fingerprint density at radius 2 is 2.38 bits per heavy atom. The SMILES string of the molecule is C=C/C(C)=C(\C=C(/CCl)CO[C@@H]1N=CC(F)=C(N)N1)OC. The van der Waals surface area contributed by atoms with E-state index in [9.17, 15) is 4.39 Å². The molecule has 0 amide bonds. The molecule has 0 aromatic carbocycles. The molecule has 0 bridgehead atoms. The lowest BCUT2D eigenvalue weighted by Crippen LogP contribution is -2.37. The first-order chi connectivity index (χ1) is 10.0. The smallest absolute Gasteiger partial charge is 0.227 e. The summed E-state index contributed by atoms with van der Waals surface area (Å²) in [6, 6.07) is 0. The molecule has 0 aromatic rings. The lowest BCUT2D eigenvalue weighted by atomic mass is 10.2. The molecule has 1 atom stereocenters. The van der Waals surface area contributed by atoms with Crippen molar-refractivity contribution in [1.82, 2.24) is 5.32 Å². The molecule has 0 aromatic heterocycles. The van der Waals surface area contributed by atoms with Gasteiger partial charge >= 0.3 is 0 Å². The molecule has 0 radical (unpaired) electrons. The van der Waals surface area contributed by atoms with E-state index in [0.29, 0.717) is 5.76 Å². The number of methoxy groups -OCH3 is 1. The second-order valence-electron chi connectivity index (χ2n) is 4.24. The minimum atomic E-state index is -0.744. The first-order valence-corrected chi connectivity index (χ1v) is 6.74. The zero-order valence-electron chi connectivity index (χ0n) is 12.0. The Morgan fingerprint density at radius 1 is 1.67 bits per heavy atom. The van der Waals surface area contributed by atoms with Gasteiger partial charge in [-0.05, 0) is 24.1 Å². The fourth-order valence-electron chi connectivity index (χ4n) is 1.45. The van der Waals surface area contributed by atoms with Crippen LogP contribution in [0.25, 0.3) is 0 Å². The van der Waals surface area contributed by atoms with E-state index in [4.69, 9.17) is 26.8 Å². The van der Waals surface area contributed by atoms with Crippen LogP contribution in [-0.4, -0.2) is 32.2 Å². The highest BCUT2D eigenvalue weighted by Crippen LogP contribution is 2.13. The van der Waals surface area contributed by atoms with Gasteiger partial charge in [0, 0.05) is 5.88 Å². The van der Waals surface area contributed by atoms with Gasteiger partial charge in [0.05, 0.1) is 19.9 Å². The van der Waals surface area contributed by atoms with Crippen LogP contribution in [-0.2, 0) is 9.47 Å². The summed E-state index contributed by atoms with van der Waals surface area (Å²) in [5.74, 6) is 0.184. The molecule has 0 spiro atoms. The fraction of sp³-hybridized carbons (Fsp3) is 0.357. The van der Waals surface area contributed by atoms with Crippen molar-refractivity contribution in [2.75, 3.05) is 19.6 Å². The normalized spacial score (nSPS) is 20.0. The molecule has 7 heteroatoms. The number of allylic oxidation sites excluding steroid dienone is 4. The number of nitrogens with two attached hydrogens (primary N) is 1. The molecule has 3 N–H and O–H groups in total. The molecular formula is C14H19ClFN3O2. The number of halogens is 2. The van der Waals surface area contributed by atoms with Crippen LogP contribution in [0.15, 0.2) is 52.3 Å². The van der Waals surface area contributed by atoms with Crippen molar-refractivity contribution in [1.29, 1.82) is 0 Å². The Kier molecular flexibility index (Phi) is 6.98. The molecule has 1 heterocycles.